The third kappa shape index (κ3) is 3.69. The average molecular weight is 331 g/mol. The maximum absolute atomic E-state index is 13.7. The number of nitrogens with zero attached hydrogens (tertiary/aromatic N) is 2. The molecule has 1 aliphatic heterocycles. The molecule has 0 aliphatic carbocycles. The van der Waals surface area contributed by atoms with Gasteiger partial charge in [0.2, 0.25) is 0 Å². The molecule has 2 heterocycles. The fourth-order valence-electron chi connectivity index (χ4n) is 2.90. The lowest BCUT2D eigenvalue weighted by molar-refractivity contribution is 0.0947. The maximum atomic E-state index is 13.7. The number of nitrogens with one attached hydrogen (secondary N) is 1. The Labute approximate surface area is 139 Å². The summed E-state index contributed by atoms with van der Waals surface area (Å²) >= 11 is 0. The molecule has 1 aromatic heterocycles. The van der Waals surface area contributed by atoms with Crippen molar-refractivity contribution in [2.24, 2.45) is 0 Å². The Morgan fingerprint density at radius 1 is 1.17 bits per heavy atom. The number of aromatic nitrogens is 1. The van der Waals surface area contributed by atoms with Gasteiger partial charge in [-0.05, 0) is 37.5 Å². The van der Waals surface area contributed by atoms with Gasteiger partial charge in [-0.3, -0.25) is 4.79 Å². The molecule has 0 radical (unpaired) electrons. The van der Waals surface area contributed by atoms with Gasteiger partial charge in [-0.1, -0.05) is 6.07 Å². The first-order valence-electron chi connectivity index (χ1n) is 8.07. The van der Waals surface area contributed by atoms with Gasteiger partial charge in [0.05, 0.1) is 5.56 Å². The van der Waals surface area contributed by atoms with E-state index in [1.807, 2.05) is 12.1 Å². The number of benzene rings is 1. The lowest BCUT2D eigenvalue weighted by Gasteiger charge is -2.29. The number of rotatable bonds is 4. The van der Waals surface area contributed by atoms with Crippen LogP contribution in [0.15, 0.2) is 36.5 Å². The van der Waals surface area contributed by atoms with Crippen LogP contribution in [0.4, 0.5) is 14.6 Å². The Balaban J connectivity index is 1.71. The minimum Gasteiger partial charge on any atom is -0.356 e. The zero-order valence-corrected chi connectivity index (χ0v) is 13.3. The molecule has 0 unspecified atom stereocenters. The van der Waals surface area contributed by atoms with Crippen LogP contribution in [-0.4, -0.2) is 24.0 Å². The van der Waals surface area contributed by atoms with E-state index in [4.69, 9.17) is 0 Å². The van der Waals surface area contributed by atoms with Gasteiger partial charge in [0.1, 0.15) is 17.5 Å². The molecule has 0 atom stereocenters. The number of hydrogen-bond donors (Lipinski definition) is 1. The number of pyridine rings is 1. The van der Waals surface area contributed by atoms with Crippen molar-refractivity contribution in [2.45, 2.75) is 25.8 Å². The molecule has 1 fully saturated rings. The Kier molecular flexibility index (Phi) is 5.03. The number of carbonyl (C=O) groups excluding carboxylic acids is 1. The van der Waals surface area contributed by atoms with Gasteiger partial charge in [0, 0.05) is 37.5 Å². The molecule has 1 saturated heterocycles. The van der Waals surface area contributed by atoms with Gasteiger partial charge in [0.15, 0.2) is 0 Å². The first kappa shape index (κ1) is 16.4. The maximum Gasteiger partial charge on any atom is 0.254 e. The molecule has 3 rings (SSSR count). The van der Waals surface area contributed by atoms with Crippen molar-refractivity contribution in [2.75, 3.05) is 18.0 Å². The van der Waals surface area contributed by atoms with E-state index < -0.39 is 17.5 Å². The lowest BCUT2D eigenvalue weighted by atomic mass is 10.1. The van der Waals surface area contributed by atoms with Crippen LogP contribution in [0.25, 0.3) is 0 Å². The van der Waals surface area contributed by atoms with Crippen molar-refractivity contribution >= 4 is 11.7 Å². The smallest absolute Gasteiger partial charge is 0.254 e. The van der Waals surface area contributed by atoms with Gasteiger partial charge < -0.3 is 10.2 Å². The molecule has 1 N–H and O–H groups in total. The number of amides is 1. The molecule has 0 saturated carbocycles. The summed E-state index contributed by atoms with van der Waals surface area (Å²) in [6.45, 7) is 2.14. The monoisotopic (exact) mass is 331 g/mol. The standard InChI is InChI=1S/C18H19F2N3O/c19-14-6-7-15(16(20)11-14)18(24)22-12-13-5-4-8-21-17(13)23-9-2-1-3-10-23/h4-8,11H,1-3,9-10,12H2,(H,22,24). The molecule has 6 heteroatoms. The highest BCUT2D eigenvalue weighted by Gasteiger charge is 2.17. The number of carbonyl (C=O) groups is 1. The van der Waals surface area contributed by atoms with Crippen molar-refractivity contribution in [3.05, 3.63) is 59.3 Å². The Morgan fingerprint density at radius 3 is 2.71 bits per heavy atom. The number of anilines is 1. The normalized spacial score (nSPS) is 14.5. The molecule has 1 amide bonds. The highest BCUT2D eigenvalue weighted by atomic mass is 19.1. The Hall–Kier alpha value is -2.50. The lowest BCUT2D eigenvalue weighted by Crippen LogP contribution is -2.32. The van der Waals surface area contributed by atoms with Gasteiger partial charge >= 0.3 is 0 Å². The van der Waals surface area contributed by atoms with E-state index in [-0.39, 0.29) is 12.1 Å². The highest BCUT2D eigenvalue weighted by molar-refractivity contribution is 5.94. The van der Waals surface area contributed by atoms with Crippen molar-refractivity contribution in [3.8, 4) is 0 Å². The quantitative estimate of drug-likeness (QED) is 0.935. The van der Waals surface area contributed by atoms with E-state index in [2.05, 4.69) is 15.2 Å². The average Bonchev–Trinajstić information content (AvgIpc) is 2.61. The van der Waals surface area contributed by atoms with Crippen LogP contribution in [-0.2, 0) is 6.54 Å². The molecule has 1 aromatic carbocycles. The summed E-state index contributed by atoms with van der Waals surface area (Å²) in [4.78, 5) is 18.8. The summed E-state index contributed by atoms with van der Waals surface area (Å²) in [5.74, 6) is -1.28. The van der Waals surface area contributed by atoms with Crippen LogP contribution in [0.1, 0.15) is 35.2 Å². The van der Waals surface area contributed by atoms with Crippen molar-refractivity contribution < 1.29 is 13.6 Å². The van der Waals surface area contributed by atoms with Crippen molar-refractivity contribution in [1.82, 2.24) is 10.3 Å². The van der Waals surface area contributed by atoms with Crippen molar-refractivity contribution in [3.63, 3.8) is 0 Å². The fourth-order valence-corrected chi connectivity index (χ4v) is 2.90. The van der Waals surface area contributed by atoms with Crippen LogP contribution in [0.2, 0.25) is 0 Å². The molecule has 0 bridgehead atoms. The predicted octanol–water partition coefficient (Wildman–Crippen LogP) is 3.28. The van der Waals surface area contributed by atoms with Gasteiger partial charge in [-0.2, -0.15) is 0 Å². The number of piperidine rings is 1. The molecule has 0 spiro atoms. The minimum absolute atomic E-state index is 0.167. The van der Waals surface area contributed by atoms with Gasteiger partial charge in [0.25, 0.3) is 5.91 Å². The van der Waals surface area contributed by atoms with Crippen LogP contribution >= 0.6 is 0 Å². The molecule has 24 heavy (non-hydrogen) atoms. The predicted molar refractivity (Wildman–Crippen MR) is 87.8 cm³/mol. The first-order chi connectivity index (χ1) is 11.6. The van der Waals surface area contributed by atoms with E-state index in [0.717, 1.165) is 49.4 Å². The summed E-state index contributed by atoms with van der Waals surface area (Å²) in [5.41, 5.74) is 0.718. The van der Waals surface area contributed by atoms with E-state index in [0.29, 0.717) is 6.07 Å². The molecule has 1 aliphatic rings. The van der Waals surface area contributed by atoms with E-state index in [1.165, 1.54) is 6.42 Å². The van der Waals surface area contributed by atoms with Crippen LogP contribution in [0.5, 0.6) is 0 Å². The second-order valence-corrected chi connectivity index (χ2v) is 5.84. The Morgan fingerprint density at radius 2 is 1.96 bits per heavy atom. The van der Waals surface area contributed by atoms with Crippen LogP contribution in [0.3, 0.4) is 0 Å². The molecular weight excluding hydrogens is 312 g/mol. The van der Waals surface area contributed by atoms with E-state index in [9.17, 15) is 13.6 Å². The highest BCUT2D eigenvalue weighted by Crippen LogP contribution is 2.21. The summed E-state index contributed by atoms with van der Waals surface area (Å²) in [5, 5.41) is 2.69. The van der Waals surface area contributed by atoms with E-state index >= 15 is 0 Å². The fraction of sp³-hybridized carbons (Fsp3) is 0.333. The second-order valence-electron chi connectivity index (χ2n) is 5.84. The molecular formula is C18H19F2N3O. The van der Waals surface area contributed by atoms with E-state index in [1.54, 1.807) is 6.20 Å². The third-order valence-corrected chi connectivity index (χ3v) is 4.14. The summed E-state index contributed by atoms with van der Waals surface area (Å²) < 4.78 is 26.6. The second kappa shape index (κ2) is 7.38. The first-order valence-corrected chi connectivity index (χ1v) is 8.07. The summed E-state index contributed by atoms with van der Waals surface area (Å²) in [7, 11) is 0. The zero-order valence-electron chi connectivity index (χ0n) is 13.3. The van der Waals surface area contributed by atoms with Gasteiger partial charge in [-0.25, -0.2) is 13.8 Å². The number of hydrogen-bond acceptors (Lipinski definition) is 3. The van der Waals surface area contributed by atoms with Crippen molar-refractivity contribution in [1.29, 1.82) is 0 Å². The molecule has 2 aromatic rings. The summed E-state index contributed by atoms with van der Waals surface area (Å²) in [6.07, 6.45) is 5.21. The number of halogens is 2. The van der Waals surface area contributed by atoms with Crippen LogP contribution < -0.4 is 10.2 Å². The SMILES string of the molecule is O=C(NCc1cccnc1N1CCCCC1)c1ccc(F)cc1F. The topological polar surface area (TPSA) is 45.2 Å². The zero-order chi connectivity index (χ0) is 16.9. The summed E-state index contributed by atoms with van der Waals surface area (Å²) in [6, 6.07) is 6.64. The third-order valence-electron chi connectivity index (χ3n) is 4.14. The molecule has 126 valence electrons. The molecule has 4 nitrogen and oxygen atoms in total. The minimum atomic E-state index is -0.866. The van der Waals surface area contributed by atoms with Crippen LogP contribution in [0, 0.1) is 11.6 Å². The largest absolute Gasteiger partial charge is 0.356 e. The Bertz CT molecular complexity index is 730. The van der Waals surface area contributed by atoms with Gasteiger partial charge in [-0.15, -0.1) is 0 Å².